The van der Waals surface area contributed by atoms with Crippen molar-refractivity contribution in [1.82, 2.24) is 4.90 Å². The summed E-state index contributed by atoms with van der Waals surface area (Å²) in [6.07, 6.45) is 3.42. The van der Waals surface area contributed by atoms with Gasteiger partial charge in [-0.15, -0.1) is 0 Å². The third-order valence-corrected chi connectivity index (χ3v) is 3.48. The molecule has 0 spiro atoms. The topological polar surface area (TPSA) is 20.3 Å². The molecule has 1 aliphatic rings. The quantitative estimate of drug-likeness (QED) is 0.471. The number of hydrogen-bond donors (Lipinski definition) is 0. The summed E-state index contributed by atoms with van der Waals surface area (Å²) in [6.45, 7) is 2.63. The van der Waals surface area contributed by atoms with Crippen molar-refractivity contribution in [3.63, 3.8) is 0 Å². The first-order valence-corrected chi connectivity index (χ1v) is 5.52. The van der Waals surface area contributed by atoms with Gasteiger partial charge in [0.25, 0.3) is 0 Å². The van der Waals surface area contributed by atoms with Crippen LogP contribution in [-0.2, 0) is 15.7 Å². The fourth-order valence-electron chi connectivity index (χ4n) is 1.15. The van der Waals surface area contributed by atoms with Crippen LogP contribution >= 0.6 is 0 Å². The van der Waals surface area contributed by atoms with Crippen LogP contribution in [0.3, 0.4) is 0 Å². The highest BCUT2D eigenvalue weighted by Crippen LogP contribution is 2.07. The van der Waals surface area contributed by atoms with Gasteiger partial charge in [0.05, 0.1) is 6.26 Å². The smallest absolute Gasteiger partial charge is 0.223 e. The molecule has 3 heteroatoms. The maximum atomic E-state index is 10.9. The number of hydrogen-bond acceptors (Lipinski definition) is 1. The lowest BCUT2D eigenvalue weighted by molar-refractivity contribution is -0.128. The predicted molar refractivity (Wildman–Crippen MR) is 45.0 cm³/mol. The Balaban J connectivity index is 2.39. The highest BCUT2D eigenvalue weighted by Gasteiger charge is 2.23. The summed E-state index contributed by atoms with van der Waals surface area (Å²) in [4.78, 5) is 12.8. The Morgan fingerprint density at radius 2 is 2.30 bits per heavy atom. The second-order valence-corrected chi connectivity index (χ2v) is 4.98. The molecule has 0 aromatic carbocycles. The van der Waals surface area contributed by atoms with Crippen LogP contribution in [0.15, 0.2) is 0 Å². The number of carbonyl (C=O) groups is 1. The maximum Gasteiger partial charge on any atom is 0.223 e. The van der Waals surface area contributed by atoms with E-state index < -0.39 is 0 Å². The van der Waals surface area contributed by atoms with Crippen molar-refractivity contribution in [1.29, 1.82) is 0 Å². The normalized spacial score (nSPS) is 26.6. The molecular weight excluding hydrogens is 146 g/mol. The largest absolute Gasteiger partial charge is 0.300 e. The molecule has 1 saturated heterocycles. The molecule has 1 unspecified atom stereocenters. The Bertz CT molecular complexity index is 138. The fourth-order valence-corrected chi connectivity index (χ4v) is 2.74. The van der Waals surface area contributed by atoms with Crippen LogP contribution < -0.4 is 0 Å². The Labute approximate surface area is 64.9 Å². The van der Waals surface area contributed by atoms with E-state index in [0.717, 1.165) is 12.4 Å². The Morgan fingerprint density at radius 1 is 1.60 bits per heavy atom. The van der Waals surface area contributed by atoms with E-state index in [1.165, 1.54) is 12.2 Å². The molecule has 0 bridgehead atoms. The Morgan fingerprint density at radius 3 is 2.70 bits per heavy atom. The molecule has 0 aromatic heterocycles. The molecular formula is C7H14NOS+. The number of rotatable bonds is 0. The highest BCUT2D eigenvalue weighted by molar-refractivity contribution is 7.96. The summed E-state index contributed by atoms with van der Waals surface area (Å²) < 4.78 is 0. The van der Waals surface area contributed by atoms with E-state index >= 15 is 0 Å². The second-order valence-electron chi connectivity index (χ2n) is 2.75. The summed E-state index contributed by atoms with van der Waals surface area (Å²) in [5.74, 6) is 2.54. The van der Waals surface area contributed by atoms with Crippen molar-refractivity contribution in [3.8, 4) is 0 Å². The van der Waals surface area contributed by atoms with Gasteiger partial charge in [-0.05, 0) is 0 Å². The van der Waals surface area contributed by atoms with Gasteiger partial charge < -0.3 is 4.90 Å². The average molecular weight is 160 g/mol. The van der Waals surface area contributed by atoms with Gasteiger partial charge in [-0.1, -0.05) is 0 Å². The third-order valence-electron chi connectivity index (χ3n) is 1.74. The van der Waals surface area contributed by atoms with E-state index in [1.54, 1.807) is 6.92 Å². The van der Waals surface area contributed by atoms with Crippen LogP contribution in [0.1, 0.15) is 13.3 Å². The number of nitrogens with zero attached hydrogens (tertiary/aromatic N) is 1. The second kappa shape index (κ2) is 3.28. The van der Waals surface area contributed by atoms with Crippen LogP contribution in [0, 0.1) is 0 Å². The van der Waals surface area contributed by atoms with Crippen molar-refractivity contribution in [2.45, 2.75) is 13.3 Å². The lowest BCUT2D eigenvalue weighted by Crippen LogP contribution is -2.40. The Hall–Kier alpha value is -0.180. The molecule has 1 fully saturated rings. The molecule has 1 amide bonds. The standard InChI is InChI=1S/C7H14NOS/c1-7(9)8-4-3-5-10(2)6-8/h3-6H2,1-2H3/q+1. The molecule has 1 atom stereocenters. The summed E-state index contributed by atoms with van der Waals surface area (Å²) in [5, 5.41) is 0. The van der Waals surface area contributed by atoms with Crippen LogP contribution in [-0.4, -0.2) is 35.2 Å². The van der Waals surface area contributed by atoms with Crippen molar-refractivity contribution >= 4 is 16.8 Å². The molecule has 58 valence electrons. The number of carbonyl (C=O) groups excluding carboxylic acids is 1. The van der Waals surface area contributed by atoms with Crippen LogP contribution in [0.4, 0.5) is 0 Å². The predicted octanol–water partition coefficient (Wildman–Crippen LogP) is 0.444. The van der Waals surface area contributed by atoms with E-state index in [1.807, 2.05) is 4.90 Å². The molecule has 0 aromatic rings. The van der Waals surface area contributed by atoms with Crippen molar-refractivity contribution < 1.29 is 4.79 Å². The van der Waals surface area contributed by atoms with Gasteiger partial charge in [0, 0.05) is 30.8 Å². The first-order chi connectivity index (χ1) is 4.70. The molecule has 0 N–H and O–H groups in total. The van der Waals surface area contributed by atoms with E-state index in [2.05, 4.69) is 6.26 Å². The SMILES string of the molecule is CC(=O)N1CCC[S+](C)C1. The zero-order chi connectivity index (χ0) is 7.56. The van der Waals surface area contributed by atoms with Gasteiger partial charge in [-0.25, -0.2) is 0 Å². The van der Waals surface area contributed by atoms with Gasteiger partial charge in [0.1, 0.15) is 5.75 Å². The van der Waals surface area contributed by atoms with Gasteiger partial charge in [-0.3, -0.25) is 4.79 Å². The van der Waals surface area contributed by atoms with Gasteiger partial charge in [-0.2, -0.15) is 0 Å². The zero-order valence-corrected chi connectivity index (χ0v) is 7.41. The monoisotopic (exact) mass is 160 g/mol. The van der Waals surface area contributed by atoms with Gasteiger partial charge >= 0.3 is 0 Å². The first-order valence-electron chi connectivity index (χ1n) is 3.55. The minimum Gasteiger partial charge on any atom is -0.300 e. The maximum absolute atomic E-state index is 10.9. The van der Waals surface area contributed by atoms with E-state index in [-0.39, 0.29) is 5.91 Å². The zero-order valence-electron chi connectivity index (χ0n) is 6.59. The summed E-state index contributed by atoms with van der Waals surface area (Å²) in [5.41, 5.74) is 0. The molecule has 0 radical (unpaired) electrons. The molecule has 1 aliphatic heterocycles. The van der Waals surface area contributed by atoms with Gasteiger partial charge in [0.2, 0.25) is 5.91 Å². The first kappa shape index (κ1) is 7.92. The van der Waals surface area contributed by atoms with E-state index in [9.17, 15) is 4.79 Å². The minimum absolute atomic E-state index is 0.235. The van der Waals surface area contributed by atoms with Crippen molar-refractivity contribution in [2.24, 2.45) is 0 Å². The molecule has 1 rings (SSSR count). The third kappa shape index (κ3) is 1.90. The van der Waals surface area contributed by atoms with Gasteiger partial charge in [0.15, 0.2) is 5.88 Å². The van der Waals surface area contributed by atoms with Crippen molar-refractivity contribution in [2.75, 3.05) is 24.4 Å². The summed E-state index contributed by atoms with van der Waals surface area (Å²) in [6, 6.07) is 0. The lowest BCUT2D eigenvalue weighted by Gasteiger charge is -2.23. The van der Waals surface area contributed by atoms with Crippen LogP contribution in [0.25, 0.3) is 0 Å². The van der Waals surface area contributed by atoms with Crippen molar-refractivity contribution in [3.05, 3.63) is 0 Å². The summed E-state index contributed by atoms with van der Waals surface area (Å²) in [7, 11) is 0.464. The van der Waals surface area contributed by atoms with Crippen LogP contribution in [0.5, 0.6) is 0 Å². The molecule has 0 aliphatic carbocycles. The highest BCUT2D eigenvalue weighted by atomic mass is 32.2. The lowest BCUT2D eigenvalue weighted by atomic mass is 10.4. The van der Waals surface area contributed by atoms with E-state index in [4.69, 9.17) is 0 Å². The molecule has 10 heavy (non-hydrogen) atoms. The summed E-state index contributed by atoms with van der Waals surface area (Å²) >= 11 is 0. The minimum atomic E-state index is 0.235. The van der Waals surface area contributed by atoms with Crippen LogP contribution in [0.2, 0.25) is 0 Å². The number of amides is 1. The average Bonchev–Trinajstić information content (AvgIpc) is 1.88. The molecule has 0 saturated carbocycles. The Kier molecular flexibility index (Phi) is 2.60. The van der Waals surface area contributed by atoms with E-state index in [0.29, 0.717) is 10.9 Å². The molecule has 2 nitrogen and oxygen atoms in total. The molecule has 1 heterocycles. The fraction of sp³-hybridized carbons (Fsp3) is 0.857.